The van der Waals surface area contributed by atoms with Crippen molar-refractivity contribution in [2.24, 2.45) is 10.4 Å². The lowest BCUT2D eigenvalue weighted by molar-refractivity contribution is 0.156. The van der Waals surface area contributed by atoms with E-state index in [4.69, 9.17) is 9.73 Å². The average Bonchev–Trinajstić information content (AvgIpc) is 3.13. The molecule has 0 saturated carbocycles. The molecule has 3 rings (SSSR count). The van der Waals surface area contributed by atoms with Crippen molar-refractivity contribution >= 4 is 21.9 Å². The SMILES string of the molecule is CCNC(=NCc1cc(F)cc(Br)c1)N1CCC2(CCOC2)C1. The fourth-order valence-electron chi connectivity index (χ4n) is 3.38. The molecule has 2 aliphatic rings. The first-order chi connectivity index (χ1) is 11.1. The van der Waals surface area contributed by atoms with E-state index in [1.807, 2.05) is 6.07 Å². The van der Waals surface area contributed by atoms with Crippen molar-refractivity contribution in [3.8, 4) is 0 Å². The number of guanidine groups is 1. The highest BCUT2D eigenvalue weighted by Gasteiger charge is 2.42. The zero-order chi connectivity index (χ0) is 16.3. The maximum Gasteiger partial charge on any atom is 0.194 e. The molecule has 0 radical (unpaired) electrons. The molecule has 6 heteroatoms. The molecular weight excluding hydrogens is 361 g/mol. The Hall–Kier alpha value is -1.14. The Labute approximate surface area is 145 Å². The highest BCUT2D eigenvalue weighted by Crippen LogP contribution is 2.38. The number of halogens is 2. The number of benzene rings is 1. The Balaban J connectivity index is 1.70. The van der Waals surface area contributed by atoms with Crippen LogP contribution in [0.2, 0.25) is 0 Å². The van der Waals surface area contributed by atoms with Gasteiger partial charge in [0.25, 0.3) is 0 Å². The average molecular weight is 384 g/mol. The maximum absolute atomic E-state index is 13.5. The molecule has 0 amide bonds. The third kappa shape index (κ3) is 4.04. The van der Waals surface area contributed by atoms with E-state index in [0.717, 1.165) is 61.7 Å². The molecule has 1 aromatic carbocycles. The van der Waals surface area contributed by atoms with Crippen molar-refractivity contribution < 1.29 is 9.13 Å². The third-order valence-corrected chi connectivity index (χ3v) is 5.05. The smallest absolute Gasteiger partial charge is 0.194 e. The van der Waals surface area contributed by atoms with Gasteiger partial charge in [0, 0.05) is 36.1 Å². The van der Waals surface area contributed by atoms with Gasteiger partial charge < -0.3 is 15.0 Å². The predicted octanol–water partition coefficient (Wildman–Crippen LogP) is 3.17. The van der Waals surface area contributed by atoms with Gasteiger partial charge in [-0.2, -0.15) is 0 Å². The van der Waals surface area contributed by atoms with E-state index >= 15 is 0 Å². The number of nitrogens with one attached hydrogen (secondary N) is 1. The largest absolute Gasteiger partial charge is 0.381 e. The molecular formula is C17H23BrFN3O. The third-order valence-electron chi connectivity index (χ3n) is 4.59. The van der Waals surface area contributed by atoms with Crippen LogP contribution in [0.1, 0.15) is 25.3 Å². The molecule has 0 bridgehead atoms. The Morgan fingerprint density at radius 3 is 3.00 bits per heavy atom. The minimum absolute atomic E-state index is 0.238. The maximum atomic E-state index is 13.5. The molecule has 2 saturated heterocycles. The summed E-state index contributed by atoms with van der Waals surface area (Å²) in [6, 6.07) is 4.91. The molecule has 126 valence electrons. The van der Waals surface area contributed by atoms with Crippen LogP contribution in [0.15, 0.2) is 27.7 Å². The normalized spacial score (nSPS) is 24.7. The number of ether oxygens (including phenoxy) is 1. The van der Waals surface area contributed by atoms with E-state index in [1.165, 1.54) is 12.1 Å². The summed E-state index contributed by atoms with van der Waals surface area (Å²) in [6.07, 6.45) is 2.29. The Morgan fingerprint density at radius 1 is 1.43 bits per heavy atom. The summed E-state index contributed by atoms with van der Waals surface area (Å²) >= 11 is 3.33. The summed E-state index contributed by atoms with van der Waals surface area (Å²) in [5, 5.41) is 3.36. The second-order valence-electron chi connectivity index (χ2n) is 6.42. The van der Waals surface area contributed by atoms with E-state index in [2.05, 4.69) is 33.1 Å². The van der Waals surface area contributed by atoms with Gasteiger partial charge in [-0.05, 0) is 43.5 Å². The van der Waals surface area contributed by atoms with Gasteiger partial charge in [-0.15, -0.1) is 0 Å². The molecule has 1 N–H and O–H groups in total. The van der Waals surface area contributed by atoms with Gasteiger partial charge in [0.15, 0.2) is 5.96 Å². The van der Waals surface area contributed by atoms with Gasteiger partial charge in [-0.1, -0.05) is 15.9 Å². The molecule has 4 nitrogen and oxygen atoms in total. The number of likely N-dealkylation sites (tertiary alicyclic amines) is 1. The lowest BCUT2D eigenvalue weighted by atomic mass is 9.87. The predicted molar refractivity (Wildman–Crippen MR) is 93.0 cm³/mol. The van der Waals surface area contributed by atoms with Gasteiger partial charge in [-0.25, -0.2) is 9.38 Å². The van der Waals surface area contributed by atoms with Crippen LogP contribution < -0.4 is 5.32 Å². The van der Waals surface area contributed by atoms with Crippen LogP contribution in [-0.4, -0.2) is 43.7 Å². The lowest BCUT2D eigenvalue weighted by Crippen LogP contribution is -2.41. The van der Waals surface area contributed by atoms with Crippen molar-refractivity contribution in [1.82, 2.24) is 10.2 Å². The van der Waals surface area contributed by atoms with Crippen LogP contribution in [-0.2, 0) is 11.3 Å². The molecule has 1 atom stereocenters. The number of hydrogen-bond acceptors (Lipinski definition) is 2. The minimum Gasteiger partial charge on any atom is -0.381 e. The van der Waals surface area contributed by atoms with Crippen molar-refractivity contribution in [2.45, 2.75) is 26.3 Å². The van der Waals surface area contributed by atoms with Crippen molar-refractivity contribution in [3.05, 3.63) is 34.1 Å². The molecule has 1 spiro atoms. The number of hydrogen-bond donors (Lipinski definition) is 1. The van der Waals surface area contributed by atoms with Gasteiger partial charge in [0.1, 0.15) is 5.82 Å². The van der Waals surface area contributed by atoms with E-state index in [9.17, 15) is 4.39 Å². The summed E-state index contributed by atoms with van der Waals surface area (Å²) in [6.45, 7) is 7.09. The first-order valence-corrected chi connectivity index (χ1v) is 8.95. The van der Waals surface area contributed by atoms with E-state index in [0.29, 0.717) is 12.0 Å². The fraction of sp³-hybridized carbons (Fsp3) is 0.588. The summed E-state index contributed by atoms with van der Waals surface area (Å²) in [7, 11) is 0. The van der Waals surface area contributed by atoms with Crippen LogP contribution in [0, 0.1) is 11.2 Å². The first-order valence-electron chi connectivity index (χ1n) is 8.16. The van der Waals surface area contributed by atoms with Crippen LogP contribution in [0.25, 0.3) is 0 Å². The van der Waals surface area contributed by atoms with Crippen LogP contribution >= 0.6 is 15.9 Å². The molecule has 1 aromatic rings. The lowest BCUT2D eigenvalue weighted by Gasteiger charge is -2.25. The summed E-state index contributed by atoms with van der Waals surface area (Å²) < 4.78 is 19.8. The number of rotatable bonds is 3. The summed E-state index contributed by atoms with van der Waals surface area (Å²) in [5.41, 5.74) is 1.17. The zero-order valence-electron chi connectivity index (χ0n) is 13.4. The second kappa shape index (κ2) is 7.18. The Bertz CT molecular complexity index is 567. The van der Waals surface area contributed by atoms with Crippen LogP contribution in [0.4, 0.5) is 4.39 Å². The van der Waals surface area contributed by atoms with E-state index in [1.54, 1.807) is 0 Å². The van der Waals surface area contributed by atoms with E-state index < -0.39 is 0 Å². The number of nitrogens with zero attached hydrogens (tertiary/aromatic N) is 2. The van der Waals surface area contributed by atoms with Gasteiger partial charge in [0.05, 0.1) is 13.2 Å². The topological polar surface area (TPSA) is 36.9 Å². The Morgan fingerprint density at radius 2 is 2.30 bits per heavy atom. The molecule has 23 heavy (non-hydrogen) atoms. The first kappa shape index (κ1) is 16.7. The van der Waals surface area contributed by atoms with Gasteiger partial charge in [-0.3, -0.25) is 0 Å². The molecule has 1 unspecified atom stereocenters. The molecule has 0 aliphatic carbocycles. The highest BCUT2D eigenvalue weighted by atomic mass is 79.9. The van der Waals surface area contributed by atoms with Crippen molar-refractivity contribution in [1.29, 1.82) is 0 Å². The van der Waals surface area contributed by atoms with Gasteiger partial charge >= 0.3 is 0 Å². The highest BCUT2D eigenvalue weighted by molar-refractivity contribution is 9.10. The molecule has 2 aliphatic heterocycles. The minimum atomic E-state index is -0.238. The zero-order valence-corrected chi connectivity index (χ0v) is 15.0. The summed E-state index contributed by atoms with van der Waals surface area (Å²) in [4.78, 5) is 7.02. The Kier molecular flexibility index (Phi) is 5.21. The molecule has 0 aromatic heterocycles. The number of aliphatic imine (C=N–C) groups is 1. The monoisotopic (exact) mass is 383 g/mol. The fourth-order valence-corrected chi connectivity index (χ4v) is 3.89. The van der Waals surface area contributed by atoms with E-state index in [-0.39, 0.29) is 5.82 Å². The molecule has 2 heterocycles. The standard InChI is InChI=1S/C17H23BrFN3O/c1-2-20-16(21-10-13-7-14(18)9-15(19)8-13)22-5-3-17(11-22)4-6-23-12-17/h7-9H,2-6,10-12H2,1H3,(H,20,21). The second-order valence-corrected chi connectivity index (χ2v) is 7.34. The van der Waals surface area contributed by atoms with Gasteiger partial charge in [0.2, 0.25) is 0 Å². The summed E-state index contributed by atoms with van der Waals surface area (Å²) in [5.74, 6) is 0.675. The van der Waals surface area contributed by atoms with Crippen molar-refractivity contribution in [3.63, 3.8) is 0 Å². The van der Waals surface area contributed by atoms with Crippen molar-refractivity contribution in [2.75, 3.05) is 32.8 Å². The quantitative estimate of drug-likeness (QED) is 0.643. The van der Waals surface area contributed by atoms with Crippen LogP contribution in [0.3, 0.4) is 0 Å². The van der Waals surface area contributed by atoms with Crippen LogP contribution in [0.5, 0.6) is 0 Å². The molecule has 2 fully saturated rings.